The van der Waals surface area contributed by atoms with Gasteiger partial charge in [-0.25, -0.2) is 4.39 Å². The Balaban J connectivity index is 0.00000336. The van der Waals surface area contributed by atoms with Crippen molar-refractivity contribution >= 4 is 29.2 Å². The zero-order valence-electron chi connectivity index (χ0n) is 22.9. The standard InChI is InChI=1S/C32H41FN2O2.ClH/c1-23-29(18-21-34-19-16-25(17-20-34)9-8-24-6-4-3-5-7-24)30-22-28(37-2)14-15-31(30)35(23)32(36)26-10-12-27(33)13-11-26;/h10-15,22,24-25H,3-9,16-21H2,1-2H3;1H. The van der Waals surface area contributed by atoms with Gasteiger partial charge in [-0.15, -0.1) is 12.4 Å². The van der Waals surface area contributed by atoms with E-state index in [4.69, 9.17) is 4.74 Å². The lowest BCUT2D eigenvalue weighted by Gasteiger charge is -2.33. The van der Waals surface area contributed by atoms with Crippen LogP contribution in [0.5, 0.6) is 5.75 Å². The first-order valence-corrected chi connectivity index (χ1v) is 14.2. The highest BCUT2D eigenvalue weighted by atomic mass is 35.5. The van der Waals surface area contributed by atoms with Gasteiger partial charge in [-0.2, -0.15) is 0 Å². The van der Waals surface area contributed by atoms with Crippen LogP contribution in [0.4, 0.5) is 4.39 Å². The molecule has 1 saturated carbocycles. The molecular formula is C32H42ClFN2O2. The van der Waals surface area contributed by atoms with Crippen molar-refractivity contribution in [3.63, 3.8) is 0 Å². The molecule has 0 radical (unpaired) electrons. The van der Waals surface area contributed by atoms with Gasteiger partial charge < -0.3 is 9.64 Å². The van der Waals surface area contributed by atoms with Crippen molar-refractivity contribution in [2.24, 2.45) is 11.8 Å². The number of ether oxygens (including phenoxy) is 1. The Morgan fingerprint density at radius 1 is 0.947 bits per heavy atom. The number of carbonyl (C=O) groups is 1. The molecule has 3 aromatic rings. The molecule has 1 saturated heterocycles. The van der Waals surface area contributed by atoms with Gasteiger partial charge in [0, 0.05) is 23.2 Å². The minimum Gasteiger partial charge on any atom is -0.497 e. The number of rotatable bonds is 8. The Morgan fingerprint density at radius 2 is 1.61 bits per heavy atom. The summed E-state index contributed by atoms with van der Waals surface area (Å²) in [7, 11) is 1.67. The fourth-order valence-electron chi connectivity index (χ4n) is 6.60. The molecule has 1 aliphatic heterocycles. The molecule has 1 aromatic heterocycles. The maximum atomic E-state index is 13.5. The van der Waals surface area contributed by atoms with Crippen LogP contribution in [0, 0.1) is 24.6 Å². The molecule has 2 aromatic carbocycles. The Morgan fingerprint density at radius 3 is 2.26 bits per heavy atom. The number of likely N-dealkylation sites (tertiary alicyclic amines) is 1. The summed E-state index contributed by atoms with van der Waals surface area (Å²) in [5.74, 6) is 2.20. The first kappa shape index (κ1) is 28.6. The minimum absolute atomic E-state index is 0. The number of halogens is 2. The molecule has 206 valence electrons. The second-order valence-electron chi connectivity index (χ2n) is 11.2. The van der Waals surface area contributed by atoms with Gasteiger partial charge in [-0.3, -0.25) is 9.36 Å². The van der Waals surface area contributed by atoms with Gasteiger partial charge in [-0.05, 0) is 99.1 Å². The molecule has 4 nitrogen and oxygen atoms in total. The second kappa shape index (κ2) is 13.1. The monoisotopic (exact) mass is 540 g/mol. The van der Waals surface area contributed by atoms with Gasteiger partial charge in [-0.1, -0.05) is 44.9 Å². The van der Waals surface area contributed by atoms with Crippen molar-refractivity contribution in [3.05, 3.63) is 65.1 Å². The molecule has 0 unspecified atom stereocenters. The van der Waals surface area contributed by atoms with E-state index in [1.807, 2.05) is 25.1 Å². The zero-order valence-corrected chi connectivity index (χ0v) is 23.7. The van der Waals surface area contributed by atoms with E-state index in [1.54, 1.807) is 23.8 Å². The van der Waals surface area contributed by atoms with Crippen molar-refractivity contribution in [2.75, 3.05) is 26.7 Å². The molecule has 2 fully saturated rings. The highest BCUT2D eigenvalue weighted by molar-refractivity contribution is 6.04. The zero-order chi connectivity index (χ0) is 25.8. The molecule has 0 bridgehead atoms. The van der Waals surface area contributed by atoms with Gasteiger partial charge in [0.05, 0.1) is 12.6 Å². The summed E-state index contributed by atoms with van der Waals surface area (Å²) < 4.78 is 20.8. The third-order valence-electron chi connectivity index (χ3n) is 8.93. The smallest absolute Gasteiger partial charge is 0.262 e. The summed E-state index contributed by atoms with van der Waals surface area (Å²) in [5, 5.41) is 1.06. The lowest BCUT2D eigenvalue weighted by Crippen LogP contribution is -2.35. The number of piperidine rings is 1. The first-order valence-electron chi connectivity index (χ1n) is 14.2. The number of methoxy groups -OCH3 is 1. The highest BCUT2D eigenvalue weighted by Gasteiger charge is 2.24. The van der Waals surface area contributed by atoms with Crippen molar-refractivity contribution in [3.8, 4) is 5.75 Å². The van der Waals surface area contributed by atoms with E-state index in [1.165, 1.54) is 88.6 Å². The molecule has 0 amide bonds. The fourth-order valence-corrected chi connectivity index (χ4v) is 6.60. The highest BCUT2D eigenvalue weighted by Crippen LogP contribution is 2.33. The molecule has 2 aliphatic rings. The molecule has 0 N–H and O–H groups in total. The van der Waals surface area contributed by atoms with Gasteiger partial charge in [0.2, 0.25) is 0 Å². The quantitative estimate of drug-likeness (QED) is 0.292. The number of hydrogen-bond donors (Lipinski definition) is 0. The maximum Gasteiger partial charge on any atom is 0.262 e. The van der Waals surface area contributed by atoms with Crippen LogP contribution in [0.2, 0.25) is 0 Å². The lowest BCUT2D eigenvalue weighted by molar-refractivity contribution is 0.0962. The van der Waals surface area contributed by atoms with Crippen LogP contribution in [0.25, 0.3) is 10.9 Å². The van der Waals surface area contributed by atoms with Gasteiger partial charge in [0.1, 0.15) is 11.6 Å². The first-order chi connectivity index (χ1) is 18.0. The molecular weight excluding hydrogens is 499 g/mol. The summed E-state index contributed by atoms with van der Waals surface area (Å²) in [6.45, 7) is 5.37. The van der Waals surface area contributed by atoms with Crippen LogP contribution in [-0.2, 0) is 6.42 Å². The molecule has 2 heterocycles. The summed E-state index contributed by atoms with van der Waals surface area (Å²) >= 11 is 0. The topological polar surface area (TPSA) is 34.5 Å². The van der Waals surface area contributed by atoms with E-state index in [9.17, 15) is 9.18 Å². The van der Waals surface area contributed by atoms with Crippen LogP contribution in [0.1, 0.15) is 79.4 Å². The van der Waals surface area contributed by atoms with Gasteiger partial charge >= 0.3 is 0 Å². The molecule has 1 aliphatic carbocycles. The van der Waals surface area contributed by atoms with E-state index >= 15 is 0 Å². The van der Waals surface area contributed by atoms with Crippen LogP contribution >= 0.6 is 12.4 Å². The molecule has 0 spiro atoms. The number of fused-ring (bicyclic) bond motifs is 1. The van der Waals surface area contributed by atoms with Crippen molar-refractivity contribution in [1.82, 2.24) is 9.47 Å². The second-order valence-corrected chi connectivity index (χ2v) is 11.2. The maximum absolute atomic E-state index is 13.5. The predicted molar refractivity (Wildman–Crippen MR) is 155 cm³/mol. The van der Waals surface area contributed by atoms with Crippen molar-refractivity contribution in [1.29, 1.82) is 0 Å². The van der Waals surface area contributed by atoms with E-state index in [2.05, 4.69) is 4.90 Å². The third kappa shape index (κ3) is 6.43. The summed E-state index contributed by atoms with van der Waals surface area (Å²) in [5.41, 5.74) is 3.52. The van der Waals surface area contributed by atoms with Crippen LogP contribution in [0.15, 0.2) is 42.5 Å². The van der Waals surface area contributed by atoms with Crippen molar-refractivity contribution < 1.29 is 13.9 Å². The lowest BCUT2D eigenvalue weighted by atomic mass is 9.82. The molecule has 6 heteroatoms. The van der Waals surface area contributed by atoms with E-state index in [0.717, 1.165) is 47.1 Å². The average molecular weight is 541 g/mol. The SMILES string of the molecule is COc1ccc2c(c1)c(CCN1CCC(CCC3CCCCC3)CC1)c(C)n2C(=O)c1ccc(F)cc1.Cl. The van der Waals surface area contributed by atoms with Crippen LogP contribution in [-0.4, -0.2) is 42.1 Å². The van der Waals surface area contributed by atoms with E-state index in [-0.39, 0.29) is 24.1 Å². The van der Waals surface area contributed by atoms with Crippen molar-refractivity contribution in [2.45, 2.75) is 71.1 Å². The number of nitrogens with zero attached hydrogens (tertiary/aromatic N) is 2. The molecule has 0 atom stereocenters. The normalized spacial score (nSPS) is 17.4. The number of benzene rings is 2. The Labute approximate surface area is 233 Å². The summed E-state index contributed by atoms with van der Waals surface area (Å²) in [6.07, 6.45) is 13.6. The van der Waals surface area contributed by atoms with Gasteiger partial charge in [0.15, 0.2) is 0 Å². The summed E-state index contributed by atoms with van der Waals surface area (Å²) in [6, 6.07) is 11.7. The Hall–Kier alpha value is -2.37. The summed E-state index contributed by atoms with van der Waals surface area (Å²) in [4.78, 5) is 16.1. The fraction of sp³-hybridized carbons (Fsp3) is 0.531. The van der Waals surface area contributed by atoms with Gasteiger partial charge in [0.25, 0.3) is 5.91 Å². The third-order valence-corrected chi connectivity index (χ3v) is 8.93. The van der Waals surface area contributed by atoms with E-state index in [0.29, 0.717) is 5.56 Å². The molecule has 38 heavy (non-hydrogen) atoms. The Bertz CT molecular complexity index is 1210. The average Bonchev–Trinajstić information content (AvgIpc) is 3.21. The largest absolute Gasteiger partial charge is 0.497 e. The minimum atomic E-state index is -0.339. The Kier molecular flexibility index (Phi) is 9.89. The predicted octanol–water partition coefficient (Wildman–Crippen LogP) is 7.82. The molecule has 5 rings (SSSR count). The number of carbonyl (C=O) groups excluding carboxylic acids is 1. The van der Waals surface area contributed by atoms with Crippen LogP contribution < -0.4 is 4.74 Å². The number of aromatic nitrogens is 1. The van der Waals surface area contributed by atoms with Crippen LogP contribution in [0.3, 0.4) is 0 Å². The number of hydrogen-bond acceptors (Lipinski definition) is 3. The van der Waals surface area contributed by atoms with E-state index < -0.39 is 0 Å².